The van der Waals surface area contributed by atoms with Gasteiger partial charge in [0.05, 0.1) is 0 Å². The third-order valence-electron chi connectivity index (χ3n) is 2.05. The maximum absolute atomic E-state index is 6.02. The van der Waals surface area contributed by atoms with E-state index in [1.165, 1.54) is 3.61 Å². The van der Waals surface area contributed by atoms with Crippen molar-refractivity contribution in [2.24, 2.45) is 10.2 Å². The van der Waals surface area contributed by atoms with Crippen molar-refractivity contribution in [2.75, 3.05) is 0 Å². The Kier molecular flexibility index (Phi) is 6.25. The van der Waals surface area contributed by atoms with Gasteiger partial charge in [0.25, 0.3) is 0 Å². The summed E-state index contributed by atoms with van der Waals surface area (Å²) in [6.45, 7) is 0. The van der Waals surface area contributed by atoms with Crippen LogP contribution in [0.4, 0.5) is 11.4 Å². The van der Waals surface area contributed by atoms with E-state index < -0.39 is 30.5 Å². The second kappa shape index (κ2) is 7.71. The number of nitrogens with zero attached hydrogens (tertiary/aromatic N) is 2. The molecule has 2 rings (SSSR count). The zero-order chi connectivity index (χ0) is 12.8. The monoisotopic (exact) mass is 511 g/mol. The topological polar surface area (TPSA) is 24.7 Å². The Morgan fingerprint density at radius 1 is 0.833 bits per heavy atom. The molecule has 0 aliphatic rings. The van der Waals surface area contributed by atoms with Crippen LogP contribution in [0.25, 0.3) is 0 Å². The average Bonchev–Trinajstić information content (AvgIpc) is 2.38. The van der Waals surface area contributed by atoms with Gasteiger partial charge in [0.1, 0.15) is 0 Å². The number of rotatable bonds is 4. The molecule has 93 valence electrons. The van der Waals surface area contributed by atoms with Crippen molar-refractivity contribution < 1.29 is 0 Å². The van der Waals surface area contributed by atoms with Crippen molar-refractivity contribution in [1.82, 2.24) is 0 Å². The van der Waals surface area contributed by atoms with Crippen LogP contribution >= 0.6 is 17.9 Å². The van der Waals surface area contributed by atoms with Crippen LogP contribution in [0.1, 0.15) is 0 Å². The van der Waals surface area contributed by atoms with Crippen LogP contribution in [-0.2, 0) is 0 Å². The normalized spacial score (nSPS) is 11.3. The van der Waals surface area contributed by atoms with Crippen LogP contribution in [0.3, 0.4) is 0 Å². The molecule has 0 amide bonds. The molecular weight excluding hydrogens is 498 g/mol. The van der Waals surface area contributed by atoms with Crippen molar-refractivity contribution in [1.29, 1.82) is 0 Å². The molecule has 0 unspecified atom stereocenters. The molecule has 0 saturated carbocycles. The van der Waals surface area contributed by atoms with Crippen LogP contribution < -0.4 is 3.61 Å². The molecule has 0 N–H and O–H groups in total. The molecule has 0 aliphatic carbocycles. The molecule has 0 fully saturated rings. The van der Waals surface area contributed by atoms with E-state index in [2.05, 4.69) is 16.3 Å². The van der Waals surface area contributed by atoms with Gasteiger partial charge in [-0.15, -0.1) is 0 Å². The van der Waals surface area contributed by atoms with Crippen molar-refractivity contribution >= 4 is 63.4 Å². The van der Waals surface area contributed by atoms with E-state index in [1.807, 2.05) is 48.5 Å². The fourth-order valence-electron chi connectivity index (χ4n) is 1.28. The van der Waals surface area contributed by atoms with Gasteiger partial charge in [0.2, 0.25) is 0 Å². The molecule has 18 heavy (non-hydrogen) atoms. The standard InChI is InChI=1S/C12H9Cl2N2Te2/c13-18(14)17-12-9-5-4-8-11(12)16-15-10-6-2-1-3-7-10/h1-9H. The van der Waals surface area contributed by atoms with E-state index in [4.69, 9.17) is 17.9 Å². The van der Waals surface area contributed by atoms with Gasteiger partial charge in [-0.1, -0.05) is 0 Å². The Bertz CT molecular complexity index is 533. The van der Waals surface area contributed by atoms with Crippen molar-refractivity contribution in [2.45, 2.75) is 0 Å². The molecule has 6 heteroatoms. The molecule has 2 nitrogen and oxygen atoms in total. The summed E-state index contributed by atoms with van der Waals surface area (Å²) in [7, 11) is 12.0. The van der Waals surface area contributed by atoms with Crippen molar-refractivity contribution in [3.8, 4) is 0 Å². The third kappa shape index (κ3) is 4.71. The summed E-state index contributed by atoms with van der Waals surface area (Å²) < 4.78 is 1.20. The summed E-state index contributed by atoms with van der Waals surface area (Å²) in [4.78, 5) is 0. The molecule has 0 atom stereocenters. The van der Waals surface area contributed by atoms with Gasteiger partial charge in [0.15, 0.2) is 0 Å². The van der Waals surface area contributed by atoms with E-state index in [-0.39, 0.29) is 0 Å². The summed E-state index contributed by atoms with van der Waals surface area (Å²) >= 11 is -2.31. The molecule has 2 aromatic carbocycles. The Morgan fingerprint density at radius 2 is 1.50 bits per heavy atom. The molecule has 0 spiro atoms. The molecule has 0 bridgehead atoms. The third-order valence-corrected chi connectivity index (χ3v) is 15.4. The van der Waals surface area contributed by atoms with Crippen LogP contribution in [-0.4, -0.2) is 30.5 Å². The van der Waals surface area contributed by atoms with Gasteiger partial charge in [-0.2, -0.15) is 0 Å². The molecule has 1 radical (unpaired) electrons. The first kappa shape index (κ1) is 14.6. The zero-order valence-corrected chi connectivity index (χ0v) is 15.3. The Hall–Kier alpha value is 0.199. The maximum atomic E-state index is 6.02. The first-order chi connectivity index (χ1) is 8.75. The predicted molar refractivity (Wildman–Crippen MR) is 79.9 cm³/mol. The van der Waals surface area contributed by atoms with E-state index in [0.717, 1.165) is 11.4 Å². The number of benzene rings is 2. The summed E-state index contributed by atoms with van der Waals surface area (Å²) in [5, 5.41) is 8.52. The SMILES string of the molecule is Cl[Te](Cl)[Te]c1ccccc1N=Nc1ccccc1. The second-order valence-corrected chi connectivity index (χ2v) is 28.5. The minimum absolute atomic E-state index is 0.476. The van der Waals surface area contributed by atoms with E-state index >= 15 is 0 Å². The van der Waals surface area contributed by atoms with Gasteiger partial charge in [-0.3, -0.25) is 0 Å². The van der Waals surface area contributed by atoms with E-state index in [1.54, 1.807) is 0 Å². The van der Waals surface area contributed by atoms with Crippen LogP contribution in [0.2, 0.25) is 0 Å². The molecule has 0 aliphatic heterocycles. The molecule has 2 aromatic rings. The number of hydrogen-bond acceptors (Lipinski definition) is 2. The van der Waals surface area contributed by atoms with Crippen molar-refractivity contribution in [3.05, 3.63) is 54.6 Å². The van der Waals surface area contributed by atoms with Gasteiger partial charge in [-0.05, 0) is 0 Å². The molecular formula is C12H9Cl2N2Te2. The summed E-state index contributed by atoms with van der Waals surface area (Å²) in [6, 6.07) is 17.7. The summed E-state index contributed by atoms with van der Waals surface area (Å²) in [5.74, 6) is 0. The van der Waals surface area contributed by atoms with Gasteiger partial charge >= 0.3 is 128 Å². The molecule has 0 aromatic heterocycles. The Labute approximate surface area is 127 Å². The van der Waals surface area contributed by atoms with Gasteiger partial charge in [-0.25, -0.2) is 0 Å². The van der Waals surface area contributed by atoms with E-state index in [0.29, 0.717) is 0 Å². The second-order valence-electron chi connectivity index (χ2n) is 3.27. The first-order valence-electron chi connectivity index (χ1n) is 5.06. The first-order valence-corrected chi connectivity index (χ1v) is 19.5. The fourth-order valence-corrected chi connectivity index (χ4v) is 14.0. The minimum atomic E-state index is -1.83. The molecule has 0 heterocycles. The summed E-state index contributed by atoms with van der Waals surface area (Å²) in [6.07, 6.45) is 0. The van der Waals surface area contributed by atoms with Crippen molar-refractivity contribution in [3.63, 3.8) is 0 Å². The fraction of sp³-hybridized carbons (Fsp3) is 0. The number of azo groups is 1. The average molecular weight is 507 g/mol. The zero-order valence-electron chi connectivity index (χ0n) is 9.16. The Morgan fingerprint density at radius 3 is 2.22 bits per heavy atom. The van der Waals surface area contributed by atoms with Crippen LogP contribution in [0, 0.1) is 0 Å². The number of halogens is 2. The van der Waals surface area contributed by atoms with Gasteiger partial charge in [0, 0.05) is 0 Å². The van der Waals surface area contributed by atoms with Gasteiger partial charge < -0.3 is 0 Å². The number of hydrogen-bond donors (Lipinski definition) is 0. The molecule has 0 saturated heterocycles. The van der Waals surface area contributed by atoms with Crippen LogP contribution in [0.15, 0.2) is 64.8 Å². The Balaban J connectivity index is 2.21. The summed E-state index contributed by atoms with van der Waals surface area (Å²) in [5.41, 5.74) is 1.75. The predicted octanol–water partition coefficient (Wildman–Crippen LogP) is 3.89. The quantitative estimate of drug-likeness (QED) is 0.444. The van der Waals surface area contributed by atoms with E-state index in [9.17, 15) is 0 Å². The van der Waals surface area contributed by atoms with Crippen LogP contribution in [0.5, 0.6) is 0 Å².